The van der Waals surface area contributed by atoms with Crippen molar-refractivity contribution in [2.75, 3.05) is 14.1 Å². The summed E-state index contributed by atoms with van der Waals surface area (Å²) in [6.45, 7) is 0. The van der Waals surface area contributed by atoms with Crippen molar-refractivity contribution < 1.29 is 4.79 Å². The fraction of sp³-hybridized carbons (Fsp3) is 0.133. The Morgan fingerprint density at radius 2 is 2.11 bits per heavy atom. The van der Waals surface area contributed by atoms with E-state index in [1.165, 1.54) is 12.4 Å². The summed E-state index contributed by atoms with van der Waals surface area (Å²) in [7, 11) is 3.53. The molecule has 0 saturated carbocycles. The summed E-state index contributed by atoms with van der Waals surface area (Å²) in [5.41, 5.74) is 1.35. The lowest BCUT2D eigenvalue weighted by Gasteiger charge is -2.06. The zero-order valence-electron chi connectivity index (χ0n) is 10.8. The topological polar surface area (TPSA) is 57.0 Å². The van der Waals surface area contributed by atoms with Gasteiger partial charge >= 0.3 is 0 Å². The van der Waals surface area contributed by atoms with E-state index >= 15 is 0 Å². The Morgan fingerprint density at radius 3 is 2.79 bits per heavy atom. The first-order valence-electron chi connectivity index (χ1n) is 5.79. The van der Waals surface area contributed by atoms with Crippen LogP contribution in [-0.4, -0.2) is 29.8 Å². The number of fused-ring (bicyclic) bond motifs is 1. The van der Waals surface area contributed by atoms with Gasteiger partial charge in [0.2, 0.25) is 5.78 Å². The Kier molecular flexibility index (Phi) is 3.58. The van der Waals surface area contributed by atoms with E-state index in [9.17, 15) is 4.79 Å². The maximum Gasteiger partial charge on any atom is 0.206 e. The van der Waals surface area contributed by atoms with Gasteiger partial charge in [0.1, 0.15) is 11.6 Å². The number of rotatable bonds is 3. The van der Waals surface area contributed by atoms with Gasteiger partial charge in [-0.25, -0.2) is 0 Å². The number of para-hydroxylation sites is 1. The van der Waals surface area contributed by atoms with Crippen LogP contribution in [0.15, 0.2) is 48.3 Å². The molecule has 1 aromatic carbocycles. The quantitative estimate of drug-likeness (QED) is 0.477. The molecular weight excluding hydrogens is 238 g/mol. The van der Waals surface area contributed by atoms with Gasteiger partial charge in [0.05, 0.1) is 5.52 Å². The molecule has 2 aromatic rings. The molecule has 0 bridgehead atoms. The number of benzene rings is 1. The molecule has 0 atom stereocenters. The van der Waals surface area contributed by atoms with E-state index < -0.39 is 0 Å². The first-order valence-corrected chi connectivity index (χ1v) is 5.79. The van der Waals surface area contributed by atoms with Gasteiger partial charge in [-0.3, -0.25) is 9.78 Å². The Balaban J connectivity index is 2.44. The first kappa shape index (κ1) is 12.8. The van der Waals surface area contributed by atoms with Crippen molar-refractivity contribution in [3.05, 3.63) is 53.9 Å². The van der Waals surface area contributed by atoms with Gasteiger partial charge in [0, 0.05) is 37.4 Å². The number of carbonyl (C=O) groups is 1. The number of hydrogen-bond acceptors (Lipinski definition) is 4. The second kappa shape index (κ2) is 5.32. The lowest BCUT2D eigenvalue weighted by molar-refractivity contribution is 0.103. The molecule has 0 aliphatic carbocycles. The van der Waals surface area contributed by atoms with Crippen molar-refractivity contribution in [2.24, 2.45) is 0 Å². The fourth-order valence-corrected chi connectivity index (χ4v) is 1.75. The number of nitrogens with zero attached hydrogens (tertiary/aromatic N) is 3. The van der Waals surface area contributed by atoms with Crippen molar-refractivity contribution >= 4 is 16.7 Å². The number of carbonyl (C=O) groups excluding carboxylic acids is 1. The Bertz CT molecular complexity index is 696. The van der Waals surface area contributed by atoms with Crippen molar-refractivity contribution in [3.63, 3.8) is 0 Å². The highest BCUT2D eigenvalue weighted by Crippen LogP contribution is 2.15. The molecule has 0 amide bonds. The maximum absolute atomic E-state index is 12.2. The molecule has 0 unspecified atom stereocenters. The van der Waals surface area contributed by atoms with Crippen LogP contribution in [0.2, 0.25) is 0 Å². The molecule has 4 heteroatoms. The Morgan fingerprint density at radius 1 is 1.37 bits per heavy atom. The maximum atomic E-state index is 12.2. The highest BCUT2D eigenvalue weighted by molar-refractivity contribution is 6.12. The minimum absolute atomic E-state index is 0.0991. The second-order valence-corrected chi connectivity index (χ2v) is 4.36. The number of ketones is 1. The van der Waals surface area contributed by atoms with E-state index in [1.54, 1.807) is 25.1 Å². The summed E-state index contributed by atoms with van der Waals surface area (Å²) >= 11 is 0. The third-order valence-electron chi connectivity index (χ3n) is 2.61. The predicted molar refractivity (Wildman–Crippen MR) is 73.5 cm³/mol. The first-order chi connectivity index (χ1) is 9.11. The van der Waals surface area contributed by atoms with Crippen molar-refractivity contribution in [1.29, 1.82) is 5.26 Å². The lowest BCUT2D eigenvalue weighted by Crippen LogP contribution is -2.09. The normalized spacial score (nSPS) is 11.1. The van der Waals surface area contributed by atoms with E-state index in [2.05, 4.69) is 4.98 Å². The molecule has 0 fully saturated rings. The van der Waals surface area contributed by atoms with Crippen LogP contribution in [0.3, 0.4) is 0 Å². The third-order valence-corrected chi connectivity index (χ3v) is 2.61. The molecular formula is C15H13N3O. The fourth-order valence-electron chi connectivity index (χ4n) is 1.75. The van der Waals surface area contributed by atoms with Crippen LogP contribution >= 0.6 is 0 Å². The van der Waals surface area contributed by atoms with E-state index in [1.807, 2.05) is 30.3 Å². The Labute approximate surface area is 111 Å². The van der Waals surface area contributed by atoms with Gasteiger partial charge in [-0.15, -0.1) is 0 Å². The molecule has 1 aromatic heterocycles. The minimum atomic E-state index is -0.311. The van der Waals surface area contributed by atoms with Crippen LogP contribution in [0.5, 0.6) is 0 Å². The smallest absolute Gasteiger partial charge is 0.206 e. The Hall–Kier alpha value is -2.67. The lowest BCUT2D eigenvalue weighted by atomic mass is 10.0. The second-order valence-electron chi connectivity index (χ2n) is 4.36. The van der Waals surface area contributed by atoms with Gasteiger partial charge in [-0.1, -0.05) is 18.2 Å². The van der Waals surface area contributed by atoms with Gasteiger partial charge in [-0.05, 0) is 12.1 Å². The SMILES string of the molecule is CN(C)C=C(C#N)C(=O)c1cnc2ccccc2c1. The zero-order chi connectivity index (χ0) is 13.8. The molecule has 4 nitrogen and oxygen atoms in total. The summed E-state index contributed by atoms with van der Waals surface area (Å²) < 4.78 is 0. The highest BCUT2D eigenvalue weighted by atomic mass is 16.1. The molecule has 2 rings (SSSR count). The van der Waals surface area contributed by atoms with Gasteiger partial charge in [0.15, 0.2) is 0 Å². The van der Waals surface area contributed by atoms with Crippen molar-refractivity contribution in [3.8, 4) is 6.07 Å². The number of Topliss-reactive ketones (excluding diaryl/α,β-unsaturated/α-hetero) is 1. The average molecular weight is 251 g/mol. The molecule has 0 radical (unpaired) electrons. The predicted octanol–water partition coefficient (Wildman–Crippen LogP) is 2.39. The molecule has 1 heterocycles. The molecule has 94 valence electrons. The number of nitriles is 1. The monoisotopic (exact) mass is 251 g/mol. The summed E-state index contributed by atoms with van der Waals surface area (Å²) in [5, 5.41) is 9.92. The molecule has 0 aliphatic rings. The van der Waals surface area contributed by atoms with E-state index in [0.717, 1.165) is 10.9 Å². The summed E-state index contributed by atoms with van der Waals surface area (Å²) in [6.07, 6.45) is 3.02. The largest absolute Gasteiger partial charge is 0.382 e. The zero-order valence-corrected chi connectivity index (χ0v) is 10.8. The van der Waals surface area contributed by atoms with Gasteiger partial charge in [-0.2, -0.15) is 5.26 Å². The molecule has 0 saturated heterocycles. The van der Waals surface area contributed by atoms with Crippen molar-refractivity contribution in [2.45, 2.75) is 0 Å². The number of pyridine rings is 1. The van der Waals surface area contributed by atoms with Crippen LogP contribution in [0.25, 0.3) is 10.9 Å². The van der Waals surface area contributed by atoms with Crippen molar-refractivity contribution in [1.82, 2.24) is 9.88 Å². The molecule has 19 heavy (non-hydrogen) atoms. The van der Waals surface area contributed by atoms with E-state index in [0.29, 0.717) is 5.56 Å². The van der Waals surface area contributed by atoms with Crippen LogP contribution in [0.1, 0.15) is 10.4 Å². The van der Waals surface area contributed by atoms with Crippen LogP contribution in [0, 0.1) is 11.3 Å². The number of hydrogen-bond donors (Lipinski definition) is 0. The van der Waals surface area contributed by atoms with Gasteiger partial charge in [0.25, 0.3) is 0 Å². The average Bonchev–Trinajstić information content (AvgIpc) is 2.43. The van der Waals surface area contributed by atoms with Gasteiger partial charge < -0.3 is 4.90 Å². The van der Waals surface area contributed by atoms with Crippen LogP contribution < -0.4 is 0 Å². The van der Waals surface area contributed by atoms with Crippen LogP contribution in [-0.2, 0) is 0 Å². The summed E-state index contributed by atoms with van der Waals surface area (Å²) in [4.78, 5) is 18.1. The summed E-state index contributed by atoms with van der Waals surface area (Å²) in [5.74, 6) is -0.311. The van der Waals surface area contributed by atoms with Crippen LogP contribution in [0.4, 0.5) is 0 Å². The minimum Gasteiger partial charge on any atom is -0.382 e. The summed E-state index contributed by atoms with van der Waals surface area (Å²) in [6, 6.07) is 11.2. The highest BCUT2D eigenvalue weighted by Gasteiger charge is 2.13. The third kappa shape index (κ3) is 2.78. The van der Waals surface area contributed by atoms with E-state index in [-0.39, 0.29) is 11.4 Å². The molecule has 0 spiro atoms. The number of aromatic nitrogens is 1. The molecule has 0 aliphatic heterocycles. The van der Waals surface area contributed by atoms with E-state index in [4.69, 9.17) is 5.26 Å². The molecule has 0 N–H and O–H groups in total. The number of allylic oxidation sites excluding steroid dienone is 1. The standard InChI is InChI=1S/C15H13N3O/c1-18(2)10-13(8-16)15(19)12-7-11-5-3-4-6-14(11)17-9-12/h3-7,9-10H,1-2H3.